The summed E-state index contributed by atoms with van der Waals surface area (Å²) < 4.78 is 2.96. The Morgan fingerprint density at radius 3 is 3.06 bits per heavy atom. The average Bonchev–Trinajstić information content (AvgIpc) is 2.92. The molecule has 0 aromatic carbocycles. The second-order valence-corrected chi connectivity index (χ2v) is 5.80. The van der Waals surface area contributed by atoms with Crippen molar-refractivity contribution in [2.45, 2.75) is 19.9 Å². The van der Waals surface area contributed by atoms with E-state index in [1.165, 1.54) is 0 Å². The first-order chi connectivity index (χ1) is 8.63. The molecule has 1 N–H and O–H groups in total. The molecule has 5 heteroatoms. The third kappa shape index (κ3) is 2.27. The minimum absolute atomic E-state index is 0.153. The standard InChI is InChI=1S/C13H14BrN3O/c1-8-4-11(8)13(18)15-5-10-7-17-6-9(14)2-3-12(17)16-10/h2-3,6-8,11H,4-5H2,1H3,(H,15,18)/t8-,11-/m1/s1. The van der Waals surface area contributed by atoms with Crippen molar-refractivity contribution in [3.05, 3.63) is 34.7 Å². The van der Waals surface area contributed by atoms with Gasteiger partial charge in [-0.05, 0) is 40.4 Å². The van der Waals surface area contributed by atoms with Gasteiger partial charge < -0.3 is 9.72 Å². The van der Waals surface area contributed by atoms with Crippen LogP contribution in [0.5, 0.6) is 0 Å². The van der Waals surface area contributed by atoms with Crippen LogP contribution in [0.25, 0.3) is 5.65 Å². The Bertz CT molecular complexity index is 607. The van der Waals surface area contributed by atoms with E-state index in [0.717, 1.165) is 22.2 Å². The molecule has 4 nitrogen and oxygen atoms in total. The van der Waals surface area contributed by atoms with E-state index in [2.05, 4.69) is 33.2 Å². The second-order valence-electron chi connectivity index (χ2n) is 4.88. The highest BCUT2D eigenvalue weighted by molar-refractivity contribution is 9.10. The van der Waals surface area contributed by atoms with Crippen LogP contribution >= 0.6 is 15.9 Å². The summed E-state index contributed by atoms with van der Waals surface area (Å²) in [6.45, 7) is 2.61. The normalized spacial score (nSPS) is 22.1. The number of rotatable bonds is 3. The molecule has 1 aliphatic rings. The van der Waals surface area contributed by atoms with Gasteiger partial charge in [-0.3, -0.25) is 4.79 Å². The topological polar surface area (TPSA) is 46.4 Å². The van der Waals surface area contributed by atoms with Gasteiger partial charge in [-0.15, -0.1) is 0 Å². The van der Waals surface area contributed by atoms with Crippen LogP contribution in [-0.2, 0) is 11.3 Å². The monoisotopic (exact) mass is 307 g/mol. The molecule has 2 aromatic heterocycles. The summed E-state index contributed by atoms with van der Waals surface area (Å²) in [5.74, 6) is 0.916. The molecular weight excluding hydrogens is 294 g/mol. The molecule has 1 aliphatic carbocycles. The van der Waals surface area contributed by atoms with Crippen molar-refractivity contribution < 1.29 is 4.79 Å². The van der Waals surface area contributed by atoms with Crippen molar-refractivity contribution >= 4 is 27.5 Å². The molecule has 2 aromatic rings. The summed E-state index contributed by atoms with van der Waals surface area (Å²) in [7, 11) is 0. The molecule has 2 heterocycles. The van der Waals surface area contributed by atoms with E-state index in [-0.39, 0.29) is 11.8 Å². The molecule has 1 fully saturated rings. The van der Waals surface area contributed by atoms with E-state index in [1.807, 2.05) is 28.9 Å². The smallest absolute Gasteiger partial charge is 0.223 e. The number of hydrogen-bond acceptors (Lipinski definition) is 2. The highest BCUT2D eigenvalue weighted by Crippen LogP contribution is 2.37. The van der Waals surface area contributed by atoms with E-state index < -0.39 is 0 Å². The fourth-order valence-corrected chi connectivity index (χ4v) is 2.45. The summed E-state index contributed by atoms with van der Waals surface area (Å²) in [5, 5.41) is 2.94. The Balaban J connectivity index is 1.69. The van der Waals surface area contributed by atoms with Crippen molar-refractivity contribution in [3.8, 4) is 0 Å². The van der Waals surface area contributed by atoms with E-state index in [9.17, 15) is 4.79 Å². The maximum atomic E-state index is 11.7. The van der Waals surface area contributed by atoms with Crippen LogP contribution in [0.1, 0.15) is 19.0 Å². The Morgan fingerprint density at radius 2 is 2.33 bits per heavy atom. The second kappa shape index (κ2) is 4.39. The third-order valence-electron chi connectivity index (χ3n) is 3.35. The summed E-state index contributed by atoms with van der Waals surface area (Å²) in [6.07, 6.45) is 4.91. The number of carbonyl (C=O) groups excluding carboxylic acids is 1. The van der Waals surface area contributed by atoms with Gasteiger partial charge in [-0.25, -0.2) is 4.98 Å². The zero-order valence-electron chi connectivity index (χ0n) is 10.1. The molecule has 1 saturated carbocycles. The predicted molar refractivity (Wildman–Crippen MR) is 72.0 cm³/mol. The van der Waals surface area contributed by atoms with Crippen molar-refractivity contribution in [2.24, 2.45) is 11.8 Å². The molecule has 0 spiro atoms. The number of carbonyl (C=O) groups is 1. The van der Waals surface area contributed by atoms with Crippen molar-refractivity contribution in [2.75, 3.05) is 0 Å². The molecule has 0 radical (unpaired) electrons. The maximum Gasteiger partial charge on any atom is 0.223 e. The molecule has 1 amide bonds. The van der Waals surface area contributed by atoms with Crippen LogP contribution in [0, 0.1) is 11.8 Å². The molecule has 0 bridgehead atoms. The predicted octanol–water partition coefficient (Wildman–Crippen LogP) is 2.37. The minimum Gasteiger partial charge on any atom is -0.350 e. The zero-order chi connectivity index (χ0) is 12.7. The van der Waals surface area contributed by atoms with Gasteiger partial charge in [0.1, 0.15) is 5.65 Å². The van der Waals surface area contributed by atoms with E-state index in [4.69, 9.17) is 0 Å². The summed E-state index contributed by atoms with van der Waals surface area (Å²) in [5.41, 5.74) is 1.77. The lowest BCUT2D eigenvalue weighted by Crippen LogP contribution is -2.24. The fourth-order valence-electron chi connectivity index (χ4n) is 2.10. The number of pyridine rings is 1. The van der Waals surface area contributed by atoms with E-state index in [0.29, 0.717) is 12.5 Å². The van der Waals surface area contributed by atoms with Crippen LogP contribution in [0.4, 0.5) is 0 Å². The molecular formula is C13H14BrN3O. The molecule has 0 saturated heterocycles. The Hall–Kier alpha value is -1.36. The number of aromatic nitrogens is 2. The highest BCUT2D eigenvalue weighted by atomic mass is 79.9. The van der Waals surface area contributed by atoms with E-state index >= 15 is 0 Å². The lowest BCUT2D eigenvalue weighted by molar-refractivity contribution is -0.122. The summed E-state index contributed by atoms with van der Waals surface area (Å²) in [4.78, 5) is 16.2. The number of halogens is 1. The fraction of sp³-hybridized carbons (Fsp3) is 0.385. The third-order valence-corrected chi connectivity index (χ3v) is 3.82. The minimum atomic E-state index is 0.153. The van der Waals surface area contributed by atoms with Gasteiger partial charge >= 0.3 is 0 Å². The van der Waals surface area contributed by atoms with Crippen LogP contribution in [0.3, 0.4) is 0 Å². The lowest BCUT2D eigenvalue weighted by atomic mass is 10.3. The van der Waals surface area contributed by atoms with E-state index in [1.54, 1.807) is 0 Å². The Labute approximate surface area is 114 Å². The van der Waals surface area contributed by atoms with Gasteiger partial charge in [0.25, 0.3) is 0 Å². The van der Waals surface area contributed by atoms with Gasteiger partial charge in [-0.2, -0.15) is 0 Å². The summed E-state index contributed by atoms with van der Waals surface area (Å²) >= 11 is 3.42. The quantitative estimate of drug-likeness (QED) is 0.946. The number of amides is 1. The zero-order valence-corrected chi connectivity index (χ0v) is 11.6. The lowest BCUT2D eigenvalue weighted by Gasteiger charge is -2.00. The Morgan fingerprint density at radius 1 is 1.56 bits per heavy atom. The largest absolute Gasteiger partial charge is 0.350 e. The van der Waals surface area contributed by atoms with Crippen molar-refractivity contribution in [1.29, 1.82) is 0 Å². The molecule has 94 valence electrons. The van der Waals surface area contributed by atoms with Gasteiger partial charge in [0.15, 0.2) is 0 Å². The number of imidazole rings is 1. The number of nitrogens with zero attached hydrogens (tertiary/aromatic N) is 2. The highest BCUT2D eigenvalue weighted by Gasteiger charge is 2.38. The van der Waals surface area contributed by atoms with Crippen LogP contribution < -0.4 is 5.32 Å². The number of hydrogen-bond donors (Lipinski definition) is 1. The van der Waals surface area contributed by atoms with Crippen LogP contribution in [0.2, 0.25) is 0 Å². The number of nitrogens with one attached hydrogen (secondary N) is 1. The van der Waals surface area contributed by atoms with Gasteiger partial charge in [-0.1, -0.05) is 6.92 Å². The molecule has 0 unspecified atom stereocenters. The van der Waals surface area contributed by atoms with Crippen LogP contribution in [-0.4, -0.2) is 15.3 Å². The van der Waals surface area contributed by atoms with Crippen molar-refractivity contribution in [3.63, 3.8) is 0 Å². The first kappa shape index (κ1) is 11.7. The maximum absolute atomic E-state index is 11.7. The average molecular weight is 308 g/mol. The molecule has 2 atom stereocenters. The first-order valence-electron chi connectivity index (χ1n) is 6.04. The summed E-state index contributed by atoms with van der Waals surface area (Å²) in [6, 6.07) is 3.90. The van der Waals surface area contributed by atoms with Gasteiger partial charge in [0, 0.05) is 22.8 Å². The Kier molecular flexibility index (Phi) is 2.86. The van der Waals surface area contributed by atoms with Gasteiger partial charge in [0.2, 0.25) is 5.91 Å². The van der Waals surface area contributed by atoms with Gasteiger partial charge in [0.05, 0.1) is 12.2 Å². The number of fused-ring (bicyclic) bond motifs is 1. The molecule has 3 rings (SSSR count). The first-order valence-corrected chi connectivity index (χ1v) is 6.83. The van der Waals surface area contributed by atoms with Crippen molar-refractivity contribution in [1.82, 2.24) is 14.7 Å². The SMILES string of the molecule is C[C@@H]1C[C@H]1C(=O)NCc1cn2cc(Br)ccc2n1. The molecule has 0 aliphatic heterocycles. The molecule has 18 heavy (non-hydrogen) atoms. The van der Waals surface area contributed by atoms with Crippen LogP contribution in [0.15, 0.2) is 29.0 Å².